The minimum Gasteiger partial charge on any atom is -0.366 e. The van der Waals surface area contributed by atoms with Crippen LogP contribution < -0.4 is 4.90 Å². The Balaban J connectivity index is 2.27. The van der Waals surface area contributed by atoms with Crippen molar-refractivity contribution < 1.29 is 0 Å². The summed E-state index contributed by atoms with van der Waals surface area (Å²) in [5.41, 5.74) is 2.64. The number of hydrogen-bond donors (Lipinski definition) is 0. The first-order valence-corrected chi connectivity index (χ1v) is 7.14. The number of nitrogens with zero attached hydrogens (tertiary/aromatic N) is 2. The van der Waals surface area contributed by atoms with Gasteiger partial charge in [0.15, 0.2) is 0 Å². The molecule has 0 spiro atoms. The van der Waals surface area contributed by atoms with Crippen LogP contribution in [0.25, 0.3) is 0 Å². The van der Waals surface area contributed by atoms with Crippen LogP contribution in [0.2, 0.25) is 0 Å². The maximum atomic E-state index is 8.86. The summed E-state index contributed by atoms with van der Waals surface area (Å²) < 4.78 is 1.15. The van der Waals surface area contributed by atoms with Crippen molar-refractivity contribution in [2.75, 3.05) is 11.4 Å². The smallest absolute Gasteiger partial charge is 0.0625 e. The number of anilines is 1. The molecule has 3 heteroatoms. The molecule has 0 amide bonds. The van der Waals surface area contributed by atoms with Gasteiger partial charge in [-0.1, -0.05) is 22.0 Å². The predicted octanol–water partition coefficient (Wildman–Crippen LogP) is 4.28. The second-order valence-electron chi connectivity index (χ2n) is 5.79. The lowest BCUT2D eigenvalue weighted by atomic mass is 9.94. The third-order valence-corrected chi connectivity index (χ3v) is 4.66. The van der Waals surface area contributed by atoms with Gasteiger partial charge in [-0.05, 0) is 50.8 Å². The Hall–Kier alpha value is -1.01. The third kappa shape index (κ3) is 2.54. The summed E-state index contributed by atoms with van der Waals surface area (Å²) in [7, 11) is 0. The Morgan fingerprint density at radius 3 is 2.83 bits per heavy atom. The quantitative estimate of drug-likeness (QED) is 0.815. The topological polar surface area (TPSA) is 27.0 Å². The van der Waals surface area contributed by atoms with Crippen molar-refractivity contribution in [1.29, 1.82) is 5.26 Å². The molecule has 1 aromatic carbocycles. The van der Waals surface area contributed by atoms with Gasteiger partial charge in [0.25, 0.3) is 0 Å². The molecule has 2 rings (SSSR count). The van der Waals surface area contributed by atoms with Gasteiger partial charge < -0.3 is 4.90 Å². The van der Waals surface area contributed by atoms with E-state index in [0.29, 0.717) is 12.3 Å². The van der Waals surface area contributed by atoms with E-state index in [2.05, 4.69) is 65.9 Å². The van der Waals surface area contributed by atoms with E-state index in [1.807, 2.05) is 0 Å². The average Bonchev–Trinajstić information content (AvgIpc) is 2.58. The first-order chi connectivity index (χ1) is 8.44. The Labute approximate surface area is 118 Å². The molecule has 1 aliphatic heterocycles. The second kappa shape index (κ2) is 4.93. The predicted molar refractivity (Wildman–Crippen MR) is 78.6 cm³/mol. The number of hydrogen-bond acceptors (Lipinski definition) is 2. The zero-order valence-corrected chi connectivity index (χ0v) is 12.8. The number of benzene rings is 1. The zero-order chi connectivity index (χ0) is 13.3. The van der Waals surface area contributed by atoms with E-state index in [4.69, 9.17) is 5.26 Å². The maximum absolute atomic E-state index is 8.86. The van der Waals surface area contributed by atoms with E-state index >= 15 is 0 Å². The van der Waals surface area contributed by atoms with Gasteiger partial charge >= 0.3 is 0 Å². The largest absolute Gasteiger partial charge is 0.366 e. The fraction of sp³-hybridized carbons (Fsp3) is 0.533. The van der Waals surface area contributed by atoms with E-state index < -0.39 is 0 Å². The number of rotatable bonds is 2. The highest BCUT2D eigenvalue weighted by molar-refractivity contribution is 9.10. The normalized spacial score (nSPS) is 21.9. The van der Waals surface area contributed by atoms with E-state index in [0.717, 1.165) is 17.4 Å². The standard InChI is InChI=1S/C15H19BrN2/c1-11-4-5-13(8-14(11)16)18-10-12(6-7-17)9-15(18,2)3/h4-5,8,12H,6,9-10H2,1-3H3. The molecule has 0 aliphatic carbocycles. The van der Waals surface area contributed by atoms with E-state index in [9.17, 15) is 0 Å². The highest BCUT2D eigenvalue weighted by atomic mass is 79.9. The minimum absolute atomic E-state index is 0.135. The molecular formula is C15H19BrN2. The lowest BCUT2D eigenvalue weighted by Crippen LogP contribution is -2.38. The first-order valence-electron chi connectivity index (χ1n) is 6.35. The van der Waals surface area contributed by atoms with Crippen molar-refractivity contribution in [2.24, 2.45) is 5.92 Å². The van der Waals surface area contributed by atoms with Gasteiger partial charge in [0.2, 0.25) is 0 Å². The van der Waals surface area contributed by atoms with Crippen LogP contribution in [0.15, 0.2) is 22.7 Å². The highest BCUT2D eigenvalue weighted by Crippen LogP contribution is 2.39. The Kier molecular flexibility index (Phi) is 3.68. The molecule has 0 N–H and O–H groups in total. The molecule has 1 aliphatic rings. The molecule has 0 bridgehead atoms. The van der Waals surface area contributed by atoms with Crippen molar-refractivity contribution in [2.45, 2.75) is 39.2 Å². The van der Waals surface area contributed by atoms with E-state index in [1.165, 1.54) is 11.3 Å². The molecule has 1 heterocycles. The van der Waals surface area contributed by atoms with Gasteiger partial charge in [-0.3, -0.25) is 0 Å². The van der Waals surface area contributed by atoms with Crippen LogP contribution in [-0.4, -0.2) is 12.1 Å². The summed E-state index contributed by atoms with van der Waals surface area (Å²) in [5.74, 6) is 0.491. The van der Waals surface area contributed by atoms with Crippen LogP contribution in [0.3, 0.4) is 0 Å². The molecule has 18 heavy (non-hydrogen) atoms. The van der Waals surface area contributed by atoms with Gasteiger partial charge in [0.05, 0.1) is 6.07 Å². The van der Waals surface area contributed by atoms with Crippen LogP contribution in [0.1, 0.15) is 32.3 Å². The molecule has 1 atom stereocenters. The summed E-state index contributed by atoms with van der Waals surface area (Å²) in [6.45, 7) is 7.60. The zero-order valence-electron chi connectivity index (χ0n) is 11.2. The summed E-state index contributed by atoms with van der Waals surface area (Å²) in [6, 6.07) is 8.81. The maximum Gasteiger partial charge on any atom is 0.0625 e. The molecular weight excluding hydrogens is 288 g/mol. The lowest BCUT2D eigenvalue weighted by Gasteiger charge is -2.34. The summed E-state index contributed by atoms with van der Waals surface area (Å²) in [4.78, 5) is 2.43. The van der Waals surface area contributed by atoms with Crippen LogP contribution >= 0.6 is 15.9 Å². The average molecular weight is 307 g/mol. The number of nitriles is 1. The molecule has 1 aromatic rings. The van der Waals surface area contributed by atoms with Crippen molar-refractivity contribution in [3.05, 3.63) is 28.2 Å². The highest BCUT2D eigenvalue weighted by Gasteiger charge is 2.38. The number of aryl methyl sites for hydroxylation is 1. The van der Waals surface area contributed by atoms with E-state index in [1.54, 1.807) is 0 Å². The lowest BCUT2D eigenvalue weighted by molar-refractivity contribution is 0.476. The SMILES string of the molecule is Cc1ccc(N2CC(CC#N)CC2(C)C)cc1Br. The molecule has 0 radical (unpaired) electrons. The monoisotopic (exact) mass is 306 g/mol. The molecule has 0 aromatic heterocycles. The van der Waals surface area contributed by atoms with Crippen molar-refractivity contribution in [1.82, 2.24) is 0 Å². The summed E-state index contributed by atoms with van der Waals surface area (Å²) in [6.07, 6.45) is 1.75. The van der Waals surface area contributed by atoms with Crippen LogP contribution in [0.4, 0.5) is 5.69 Å². The fourth-order valence-electron chi connectivity index (χ4n) is 2.86. The van der Waals surface area contributed by atoms with Crippen LogP contribution in [0.5, 0.6) is 0 Å². The van der Waals surface area contributed by atoms with Crippen molar-refractivity contribution in [3.63, 3.8) is 0 Å². The van der Waals surface area contributed by atoms with Crippen molar-refractivity contribution in [3.8, 4) is 6.07 Å². The van der Waals surface area contributed by atoms with Crippen LogP contribution in [-0.2, 0) is 0 Å². The van der Waals surface area contributed by atoms with Gasteiger partial charge in [0, 0.05) is 28.7 Å². The summed E-state index contributed by atoms with van der Waals surface area (Å²) in [5, 5.41) is 8.86. The fourth-order valence-corrected chi connectivity index (χ4v) is 3.22. The Morgan fingerprint density at radius 1 is 1.50 bits per heavy atom. The second-order valence-corrected chi connectivity index (χ2v) is 6.64. The van der Waals surface area contributed by atoms with Gasteiger partial charge in [-0.25, -0.2) is 0 Å². The first kappa shape index (κ1) is 13.4. The third-order valence-electron chi connectivity index (χ3n) is 3.81. The van der Waals surface area contributed by atoms with E-state index in [-0.39, 0.29) is 5.54 Å². The van der Waals surface area contributed by atoms with Gasteiger partial charge in [0.1, 0.15) is 0 Å². The van der Waals surface area contributed by atoms with Gasteiger partial charge in [-0.15, -0.1) is 0 Å². The van der Waals surface area contributed by atoms with Gasteiger partial charge in [-0.2, -0.15) is 5.26 Å². The summed E-state index contributed by atoms with van der Waals surface area (Å²) >= 11 is 3.60. The molecule has 1 fully saturated rings. The molecule has 96 valence electrons. The number of halogens is 1. The van der Waals surface area contributed by atoms with Crippen molar-refractivity contribution >= 4 is 21.6 Å². The molecule has 2 nitrogen and oxygen atoms in total. The molecule has 1 saturated heterocycles. The Morgan fingerprint density at radius 2 is 2.22 bits per heavy atom. The van der Waals surface area contributed by atoms with Crippen LogP contribution in [0, 0.1) is 24.2 Å². The molecule has 0 saturated carbocycles. The minimum atomic E-state index is 0.135. The molecule has 1 unspecified atom stereocenters. The Bertz CT molecular complexity index is 488.